The highest BCUT2D eigenvalue weighted by Gasteiger charge is 2.10. The number of nitrogens with zero attached hydrogens (tertiary/aromatic N) is 2. The summed E-state index contributed by atoms with van der Waals surface area (Å²) in [7, 11) is 0. The molecule has 0 saturated carbocycles. The van der Waals surface area contributed by atoms with Crippen molar-refractivity contribution in [2.45, 2.75) is 6.92 Å². The number of nitriles is 1. The fourth-order valence-corrected chi connectivity index (χ4v) is 3.29. The zero-order valence-corrected chi connectivity index (χ0v) is 15.1. The van der Waals surface area contributed by atoms with E-state index < -0.39 is 0 Å². The van der Waals surface area contributed by atoms with Crippen LogP contribution in [0.3, 0.4) is 0 Å². The molecule has 0 unspecified atom stereocenters. The summed E-state index contributed by atoms with van der Waals surface area (Å²) in [5, 5.41) is 12.7. The first-order valence-corrected chi connectivity index (χ1v) is 9.02. The van der Waals surface area contributed by atoms with E-state index in [0.717, 1.165) is 22.6 Å². The van der Waals surface area contributed by atoms with E-state index in [9.17, 15) is 5.26 Å². The summed E-state index contributed by atoms with van der Waals surface area (Å²) in [5.74, 6) is 0.832. The van der Waals surface area contributed by atoms with Gasteiger partial charge in [0.15, 0.2) is 0 Å². The van der Waals surface area contributed by atoms with Crippen LogP contribution >= 0.6 is 22.9 Å². The van der Waals surface area contributed by atoms with E-state index in [2.05, 4.69) is 11.1 Å². The van der Waals surface area contributed by atoms with Crippen molar-refractivity contribution in [3.05, 3.63) is 69.5 Å². The minimum absolute atomic E-state index is 0.496. The van der Waals surface area contributed by atoms with Crippen LogP contribution in [0.15, 0.2) is 53.9 Å². The molecule has 0 N–H and O–H groups in total. The van der Waals surface area contributed by atoms with Crippen molar-refractivity contribution in [1.29, 1.82) is 5.26 Å². The average molecular weight is 367 g/mol. The number of hydrogen-bond donors (Lipinski definition) is 0. The Hall–Kier alpha value is -2.61. The molecule has 3 nitrogen and oxygen atoms in total. The van der Waals surface area contributed by atoms with Crippen LogP contribution in [0.2, 0.25) is 5.02 Å². The quantitative estimate of drug-likeness (QED) is 0.526. The smallest absolute Gasteiger partial charge is 0.134 e. The van der Waals surface area contributed by atoms with Crippen LogP contribution in [0.5, 0.6) is 5.75 Å². The lowest BCUT2D eigenvalue weighted by Gasteiger charge is -2.03. The molecular weight excluding hydrogens is 352 g/mol. The highest BCUT2D eigenvalue weighted by atomic mass is 35.5. The predicted octanol–water partition coefficient (Wildman–Crippen LogP) is 5.93. The molecule has 5 heteroatoms. The van der Waals surface area contributed by atoms with Gasteiger partial charge in [-0.15, -0.1) is 11.3 Å². The fourth-order valence-electron chi connectivity index (χ4n) is 2.31. The maximum Gasteiger partial charge on any atom is 0.134 e. The predicted molar refractivity (Wildman–Crippen MR) is 104 cm³/mol. The molecule has 3 rings (SSSR count). The Morgan fingerprint density at radius 2 is 2.00 bits per heavy atom. The monoisotopic (exact) mass is 366 g/mol. The van der Waals surface area contributed by atoms with Crippen molar-refractivity contribution in [3.8, 4) is 23.1 Å². The van der Waals surface area contributed by atoms with Gasteiger partial charge in [-0.2, -0.15) is 5.26 Å². The summed E-state index contributed by atoms with van der Waals surface area (Å²) in [5.41, 5.74) is 3.12. The maximum absolute atomic E-state index is 9.50. The lowest BCUT2D eigenvalue weighted by atomic mass is 10.1. The van der Waals surface area contributed by atoms with E-state index in [4.69, 9.17) is 16.3 Å². The summed E-state index contributed by atoms with van der Waals surface area (Å²) >= 11 is 7.61. The number of ether oxygens (including phenoxy) is 1. The van der Waals surface area contributed by atoms with Gasteiger partial charge in [-0.3, -0.25) is 0 Å². The van der Waals surface area contributed by atoms with Gasteiger partial charge in [0.05, 0.1) is 17.9 Å². The number of benzene rings is 2. The zero-order chi connectivity index (χ0) is 17.6. The molecule has 124 valence electrons. The topological polar surface area (TPSA) is 45.9 Å². The normalized spacial score (nSPS) is 11.2. The Balaban J connectivity index is 1.89. The van der Waals surface area contributed by atoms with Gasteiger partial charge in [0.1, 0.15) is 16.8 Å². The highest BCUT2D eigenvalue weighted by molar-refractivity contribution is 7.11. The van der Waals surface area contributed by atoms with Crippen molar-refractivity contribution in [3.63, 3.8) is 0 Å². The lowest BCUT2D eigenvalue weighted by Crippen LogP contribution is -1.90. The number of hydrogen-bond acceptors (Lipinski definition) is 4. The third-order valence-electron chi connectivity index (χ3n) is 3.52. The van der Waals surface area contributed by atoms with Gasteiger partial charge in [0.2, 0.25) is 0 Å². The van der Waals surface area contributed by atoms with E-state index in [0.29, 0.717) is 22.2 Å². The number of aromatic nitrogens is 1. The van der Waals surface area contributed by atoms with Gasteiger partial charge >= 0.3 is 0 Å². The third-order valence-corrected chi connectivity index (χ3v) is 4.74. The van der Waals surface area contributed by atoms with Crippen LogP contribution in [-0.4, -0.2) is 11.6 Å². The van der Waals surface area contributed by atoms with Crippen molar-refractivity contribution < 1.29 is 4.74 Å². The Labute approximate surface area is 155 Å². The Morgan fingerprint density at radius 1 is 1.24 bits per heavy atom. The second-order valence-corrected chi connectivity index (χ2v) is 6.45. The van der Waals surface area contributed by atoms with Crippen LogP contribution in [0.25, 0.3) is 22.9 Å². The second-order valence-electron chi connectivity index (χ2n) is 5.19. The molecule has 0 aliphatic heterocycles. The summed E-state index contributed by atoms with van der Waals surface area (Å²) in [6, 6.07) is 17.4. The minimum atomic E-state index is 0.496. The average Bonchev–Trinajstić information content (AvgIpc) is 3.12. The second kappa shape index (κ2) is 7.98. The molecule has 0 fully saturated rings. The van der Waals surface area contributed by atoms with E-state index in [1.54, 1.807) is 12.1 Å². The minimum Gasteiger partial charge on any atom is -0.494 e. The molecule has 0 bridgehead atoms. The molecule has 1 aromatic heterocycles. The van der Waals surface area contributed by atoms with Gasteiger partial charge in [-0.1, -0.05) is 29.8 Å². The van der Waals surface area contributed by atoms with Crippen molar-refractivity contribution in [1.82, 2.24) is 4.98 Å². The molecule has 25 heavy (non-hydrogen) atoms. The Morgan fingerprint density at radius 3 is 2.68 bits per heavy atom. The number of halogens is 1. The van der Waals surface area contributed by atoms with Crippen LogP contribution in [0.1, 0.15) is 17.5 Å². The highest BCUT2D eigenvalue weighted by Crippen LogP contribution is 2.29. The molecule has 0 radical (unpaired) electrons. The van der Waals surface area contributed by atoms with Crippen LogP contribution in [-0.2, 0) is 0 Å². The molecule has 0 amide bonds. The molecule has 0 saturated heterocycles. The molecule has 2 aromatic carbocycles. The Bertz CT molecular complexity index is 939. The molecule has 0 spiro atoms. The maximum atomic E-state index is 9.50. The standard InChI is InChI=1S/C20H15ClN2OS/c1-2-24-17-9-7-14(8-10-17)19-13-25-20(23-19)16(12-22)11-15-5-3-4-6-18(15)21/h3-11,13H,2H2,1H3/b16-11+. The molecule has 0 atom stereocenters. The molecule has 1 heterocycles. The summed E-state index contributed by atoms with van der Waals surface area (Å²) < 4.78 is 5.45. The fraction of sp³-hybridized carbons (Fsp3) is 0.100. The number of rotatable bonds is 5. The van der Waals surface area contributed by atoms with Gasteiger partial charge < -0.3 is 4.74 Å². The van der Waals surface area contributed by atoms with Crippen molar-refractivity contribution in [2.75, 3.05) is 6.61 Å². The van der Waals surface area contributed by atoms with E-state index in [1.165, 1.54) is 11.3 Å². The SMILES string of the molecule is CCOc1ccc(-c2csc(/C(C#N)=C/c3ccccc3Cl)n2)cc1. The third kappa shape index (κ3) is 4.08. The van der Waals surface area contributed by atoms with Gasteiger partial charge in [-0.25, -0.2) is 4.98 Å². The van der Waals surface area contributed by atoms with Gasteiger partial charge in [0.25, 0.3) is 0 Å². The first kappa shape index (κ1) is 17.2. The first-order valence-electron chi connectivity index (χ1n) is 7.76. The van der Waals surface area contributed by atoms with E-state index >= 15 is 0 Å². The van der Waals surface area contributed by atoms with Crippen LogP contribution in [0, 0.1) is 11.3 Å². The molecule has 0 aliphatic rings. The Kier molecular flexibility index (Phi) is 5.49. The number of allylic oxidation sites excluding steroid dienone is 1. The van der Waals surface area contributed by atoms with Gasteiger partial charge in [-0.05, 0) is 48.9 Å². The molecule has 0 aliphatic carbocycles. The van der Waals surface area contributed by atoms with Crippen LogP contribution < -0.4 is 4.74 Å². The largest absolute Gasteiger partial charge is 0.494 e. The molecule has 3 aromatic rings. The summed E-state index contributed by atoms with van der Waals surface area (Å²) in [6.45, 7) is 2.59. The first-order chi connectivity index (χ1) is 12.2. The summed E-state index contributed by atoms with van der Waals surface area (Å²) in [4.78, 5) is 4.60. The van der Waals surface area contributed by atoms with Crippen molar-refractivity contribution >= 4 is 34.6 Å². The van der Waals surface area contributed by atoms with Crippen molar-refractivity contribution in [2.24, 2.45) is 0 Å². The van der Waals surface area contributed by atoms with E-state index in [1.807, 2.05) is 54.8 Å². The number of thiazole rings is 1. The summed E-state index contributed by atoms with van der Waals surface area (Å²) in [6.07, 6.45) is 1.77. The van der Waals surface area contributed by atoms with Gasteiger partial charge in [0, 0.05) is 16.0 Å². The zero-order valence-electron chi connectivity index (χ0n) is 13.6. The van der Waals surface area contributed by atoms with E-state index in [-0.39, 0.29) is 0 Å². The van der Waals surface area contributed by atoms with Crippen LogP contribution in [0.4, 0.5) is 0 Å². The lowest BCUT2D eigenvalue weighted by molar-refractivity contribution is 0.340. The molecular formula is C20H15ClN2OS.